The third-order valence-corrected chi connectivity index (χ3v) is 5.16. The Morgan fingerprint density at radius 1 is 1.43 bits per heavy atom. The molecule has 14 heavy (non-hydrogen) atoms. The van der Waals surface area contributed by atoms with E-state index in [9.17, 15) is 8.42 Å². The maximum absolute atomic E-state index is 11.2. The van der Waals surface area contributed by atoms with Gasteiger partial charge in [-0.05, 0) is 31.2 Å². The maximum Gasteiger partial charge on any atom is 0.151 e. The van der Waals surface area contributed by atoms with Crippen LogP contribution in [0.2, 0.25) is 0 Å². The zero-order valence-corrected chi connectivity index (χ0v) is 9.15. The fourth-order valence-electron chi connectivity index (χ4n) is 1.95. The van der Waals surface area contributed by atoms with Crippen molar-refractivity contribution in [3.8, 4) is 0 Å². The first kappa shape index (κ1) is 10.4. The van der Waals surface area contributed by atoms with Gasteiger partial charge in [-0.3, -0.25) is 0 Å². The lowest BCUT2D eigenvalue weighted by Gasteiger charge is -2.16. The monoisotopic (exact) mass is 218 g/mol. The zero-order valence-electron chi connectivity index (χ0n) is 8.33. The molecule has 5 heteroatoms. The summed E-state index contributed by atoms with van der Waals surface area (Å²) in [7, 11) is -2.74. The first-order chi connectivity index (χ1) is 6.55. The summed E-state index contributed by atoms with van der Waals surface area (Å²) in [6, 6.07) is 0.170. The van der Waals surface area contributed by atoms with Crippen molar-refractivity contribution in [1.82, 2.24) is 5.32 Å². The van der Waals surface area contributed by atoms with E-state index < -0.39 is 9.84 Å². The highest BCUT2D eigenvalue weighted by atomic mass is 32.2. The molecule has 1 aliphatic carbocycles. The first-order valence-corrected chi connectivity index (χ1v) is 7.01. The van der Waals surface area contributed by atoms with Gasteiger partial charge in [-0.2, -0.15) is 0 Å². The Kier molecular flexibility index (Phi) is 2.57. The molecule has 1 saturated heterocycles. The van der Waals surface area contributed by atoms with Crippen LogP contribution < -0.4 is 11.1 Å². The summed E-state index contributed by atoms with van der Waals surface area (Å²) in [6.45, 7) is 1.61. The van der Waals surface area contributed by atoms with Crippen LogP contribution in [0.4, 0.5) is 0 Å². The predicted octanol–water partition coefficient (Wildman–Crippen LogP) is -0.498. The molecule has 1 aliphatic heterocycles. The van der Waals surface area contributed by atoms with Crippen LogP contribution in [0.3, 0.4) is 0 Å². The van der Waals surface area contributed by atoms with Gasteiger partial charge in [0.25, 0.3) is 0 Å². The Balaban J connectivity index is 1.77. The highest BCUT2D eigenvalue weighted by Gasteiger charge is 2.41. The third kappa shape index (κ3) is 2.27. The summed E-state index contributed by atoms with van der Waals surface area (Å²) in [5.41, 5.74) is 5.95. The molecule has 1 saturated carbocycles. The standard InChI is InChI=1S/C9H18N2O2S/c10-6-9(2-3-9)7-11-8-1-4-14(12,13)5-8/h8,11H,1-7,10H2. The lowest BCUT2D eigenvalue weighted by Crippen LogP contribution is -2.37. The van der Waals surface area contributed by atoms with Crippen molar-refractivity contribution >= 4 is 9.84 Å². The molecule has 1 heterocycles. The molecule has 82 valence electrons. The van der Waals surface area contributed by atoms with Crippen molar-refractivity contribution in [1.29, 1.82) is 0 Å². The number of hydrogen-bond acceptors (Lipinski definition) is 4. The molecule has 0 aromatic heterocycles. The van der Waals surface area contributed by atoms with Gasteiger partial charge >= 0.3 is 0 Å². The minimum absolute atomic E-state index is 0.170. The van der Waals surface area contributed by atoms with Crippen molar-refractivity contribution in [2.45, 2.75) is 25.3 Å². The van der Waals surface area contributed by atoms with Crippen molar-refractivity contribution in [2.75, 3.05) is 24.6 Å². The van der Waals surface area contributed by atoms with Crippen LogP contribution in [0, 0.1) is 5.41 Å². The molecule has 0 aromatic rings. The first-order valence-electron chi connectivity index (χ1n) is 5.19. The smallest absolute Gasteiger partial charge is 0.151 e. The molecule has 2 aliphatic rings. The van der Waals surface area contributed by atoms with Gasteiger partial charge < -0.3 is 11.1 Å². The molecule has 3 N–H and O–H groups in total. The van der Waals surface area contributed by atoms with Crippen LogP contribution in [0.15, 0.2) is 0 Å². The van der Waals surface area contributed by atoms with Gasteiger partial charge in [0.2, 0.25) is 0 Å². The van der Waals surface area contributed by atoms with Gasteiger partial charge in [0.05, 0.1) is 11.5 Å². The van der Waals surface area contributed by atoms with Crippen LogP contribution >= 0.6 is 0 Å². The lowest BCUT2D eigenvalue weighted by atomic mass is 10.1. The quantitative estimate of drug-likeness (QED) is 0.667. The van der Waals surface area contributed by atoms with E-state index in [1.54, 1.807) is 0 Å². The molecular weight excluding hydrogens is 200 g/mol. The molecule has 2 fully saturated rings. The summed E-state index contributed by atoms with van der Waals surface area (Å²) in [5.74, 6) is 0.661. The summed E-state index contributed by atoms with van der Waals surface area (Å²) < 4.78 is 22.4. The molecule has 0 amide bonds. The average Bonchev–Trinajstić information content (AvgIpc) is 2.84. The molecule has 1 atom stereocenters. The number of nitrogens with two attached hydrogens (primary N) is 1. The molecule has 4 nitrogen and oxygen atoms in total. The van der Waals surface area contributed by atoms with Crippen LogP contribution in [0.25, 0.3) is 0 Å². The number of hydrogen-bond donors (Lipinski definition) is 2. The summed E-state index contributed by atoms with van der Waals surface area (Å²) in [4.78, 5) is 0. The topological polar surface area (TPSA) is 72.2 Å². The van der Waals surface area contributed by atoms with E-state index in [1.165, 1.54) is 12.8 Å². The van der Waals surface area contributed by atoms with E-state index >= 15 is 0 Å². The van der Waals surface area contributed by atoms with E-state index in [0.717, 1.165) is 19.5 Å². The SMILES string of the molecule is NCC1(CNC2CCS(=O)(=O)C2)CC1. The highest BCUT2D eigenvalue weighted by Crippen LogP contribution is 2.43. The summed E-state index contributed by atoms with van der Waals surface area (Å²) >= 11 is 0. The largest absolute Gasteiger partial charge is 0.330 e. The molecule has 0 radical (unpaired) electrons. The summed E-state index contributed by atoms with van der Waals surface area (Å²) in [5, 5.41) is 3.33. The Bertz CT molecular complexity index is 309. The molecule has 0 aromatic carbocycles. The molecule has 0 bridgehead atoms. The van der Waals surface area contributed by atoms with E-state index in [1.807, 2.05) is 0 Å². The second kappa shape index (κ2) is 3.47. The Morgan fingerprint density at radius 3 is 2.57 bits per heavy atom. The Labute approximate surface area is 85.2 Å². The Morgan fingerprint density at radius 2 is 2.14 bits per heavy atom. The van der Waals surface area contributed by atoms with Gasteiger partial charge in [-0.15, -0.1) is 0 Å². The summed E-state index contributed by atoms with van der Waals surface area (Å²) in [6.07, 6.45) is 3.15. The maximum atomic E-state index is 11.2. The molecule has 2 rings (SSSR count). The highest BCUT2D eigenvalue weighted by molar-refractivity contribution is 7.91. The zero-order chi connectivity index (χ0) is 10.2. The number of nitrogens with one attached hydrogen (secondary N) is 1. The van der Waals surface area contributed by atoms with Crippen molar-refractivity contribution in [3.05, 3.63) is 0 Å². The van der Waals surface area contributed by atoms with Gasteiger partial charge in [0.1, 0.15) is 0 Å². The van der Waals surface area contributed by atoms with Gasteiger partial charge in [-0.25, -0.2) is 8.42 Å². The van der Waals surface area contributed by atoms with Crippen LogP contribution in [0.5, 0.6) is 0 Å². The minimum Gasteiger partial charge on any atom is -0.330 e. The number of rotatable bonds is 4. The fourth-order valence-corrected chi connectivity index (χ4v) is 3.65. The van der Waals surface area contributed by atoms with Crippen molar-refractivity contribution < 1.29 is 8.42 Å². The van der Waals surface area contributed by atoms with Gasteiger partial charge in [-0.1, -0.05) is 0 Å². The second-order valence-electron chi connectivity index (χ2n) is 4.68. The van der Waals surface area contributed by atoms with Crippen LogP contribution in [0.1, 0.15) is 19.3 Å². The van der Waals surface area contributed by atoms with Crippen molar-refractivity contribution in [2.24, 2.45) is 11.1 Å². The number of sulfone groups is 1. The van der Waals surface area contributed by atoms with E-state index in [2.05, 4.69) is 5.32 Å². The molecule has 1 unspecified atom stereocenters. The van der Waals surface area contributed by atoms with E-state index in [-0.39, 0.29) is 6.04 Å². The normalized spacial score (nSPS) is 33.1. The molecule has 0 spiro atoms. The van der Waals surface area contributed by atoms with Gasteiger partial charge in [0.15, 0.2) is 9.84 Å². The molecular formula is C9H18N2O2S. The second-order valence-corrected chi connectivity index (χ2v) is 6.91. The van der Waals surface area contributed by atoms with E-state index in [4.69, 9.17) is 5.73 Å². The predicted molar refractivity (Wildman–Crippen MR) is 55.8 cm³/mol. The van der Waals surface area contributed by atoms with Crippen LogP contribution in [-0.4, -0.2) is 39.1 Å². The Hall–Kier alpha value is -0.130. The van der Waals surface area contributed by atoms with Crippen molar-refractivity contribution in [3.63, 3.8) is 0 Å². The third-order valence-electron chi connectivity index (χ3n) is 3.39. The lowest BCUT2D eigenvalue weighted by molar-refractivity contribution is 0.431. The minimum atomic E-state index is -2.74. The van der Waals surface area contributed by atoms with Crippen LogP contribution in [-0.2, 0) is 9.84 Å². The average molecular weight is 218 g/mol. The van der Waals surface area contributed by atoms with Gasteiger partial charge in [0, 0.05) is 12.6 Å². The fraction of sp³-hybridized carbons (Fsp3) is 1.00. The van der Waals surface area contributed by atoms with E-state index in [0.29, 0.717) is 16.9 Å².